The molecule has 2 fully saturated rings. The van der Waals surface area contributed by atoms with E-state index in [1.165, 1.54) is 5.01 Å². The number of fused-ring (bicyclic) bond motifs is 1. The van der Waals surface area contributed by atoms with Crippen molar-refractivity contribution in [1.29, 1.82) is 0 Å². The molecule has 2 aliphatic heterocycles. The summed E-state index contributed by atoms with van der Waals surface area (Å²) in [6.07, 6.45) is 7.74. The smallest absolute Gasteiger partial charge is 0.248 e. The summed E-state index contributed by atoms with van der Waals surface area (Å²) in [7, 11) is 0. The Hall–Kier alpha value is -2.65. The molecule has 3 amide bonds. The number of hydrogen-bond acceptors (Lipinski definition) is 6. The van der Waals surface area contributed by atoms with Gasteiger partial charge < -0.3 is 10.6 Å². The number of anilines is 2. The summed E-state index contributed by atoms with van der Waals surface area (Å²) >= 11 is 0. The molecule has 4 rings (SSSR count). The lowest BCUT2D eigenvalue weighted by Gasteiger charge is -2.30. The topological polar surface area (TPSA) is 114 Å². The Balaban J connectivity index is 1.46. The van der Waals surface area contributed by atoms with Crippen LogP contribution in [0.3, 0.4) is 0 Å². The number of hydroxylamine groups is 2. The second-order valence-electron chi connectivity index (χ2n) is 9.08. The molecule has 1 aromatic carbocycles. The molecular weight excluding hydrogens is 410 g/mol. The van der Waals surface area contributed by atoms with Gasteiger partial charge in [-0.15, -0.1) is 0 Å². The van der Waals surface area contributed by atoms with Crippen molar-refractivity contribution in [3.05, 3.63) is 23.8 Å². The molecule has 1 aromatic rings. The van der Waals surface area contributed by atoms with Gasteiger partial charge in [0.2, 0.25) is 18.2 Å². The molecule has 9 heteroatoms. The summed E-state index contributed by atoms with van der Waals surface area (Å²) in [6, 6.07) is 5.19. The molecule has 3 aliphatic rings. The van der Waals surface area contributed by atoms with E-state index in [2.05, 4.69) is 16.1 Å². The maximum atomic E-state index is 13.4. The van der Waals surface area contributed by atoms with Gasteiger partial charge in [-0.05, 0) is 49.3 Å². The number of benzene rings is 1. The van der Waals surface area contributed by atoms with Gasteiger partial charge >= 0.3 is 0 Å². The van der Waals surface area contributed by atoms with Crippen molar-refractivity contribution in [1.82, 2.24) is 15.5 Å². The predicted molar refractivity (Wildman–Crippen MR) is 120 cm³/mol. The highest BCUT2D eigenvalue weighted by Gasteiger charge is 2.39. The third-order valence-corrected chi connectivity index (χ3v) is 6.88. The largest absolute Gasteiger partial charge is 0.385 e. The number of amides is 3. The first-order valence-corrected chi connectivity index (χ1v) is 11.7. The van der Waals surface area contributed by atoms with Crippen LogP contribution in [0, 0.1) is 11.8 Å². The van der Waals surface area contributed by atoms with Crippen molar-refractivity contribution < 1.29 is 19.6 Å². The van der Waals surface area contributed by atoms with Gasteiger partial charge in [0.1, 0.15) is 6.04 Å². The van der Waals surface area contributed by atoms with Crippen LogP contribution in [0.2, 0.25) is 0 Å². The van der Waals surface area contributed by atoms with E-state index in [9.17, 15) is 19.6 Å². The number of carbonyl (C=O) groups is 3. The predicted octanol–water partition coefficient (Wildman–Crippen LogP) is 2.13. The third-order valence-electron chi connectivity index (χ3n) is 6.88. The van der Waals surface area contributed by atoms with Crippen molar-refractivity contribution in [3.8, 4) is 0 Å². The first kappa shape index (κ1) is 22.5. The van der Waals surface area contributed by atoms with Gasteiger partial charge in [0.25, 0.3) is 0 Å². The van der Waals surface area contributed by atoms with Crippen molar-refractivity contribution in [2.45, 2.75) is 57.4 Å². The van der Waals surface area contributed by atoms with Gasteiger partial charge in [-0.3, -0.25) is 24.6 Å². The minimum Gasteiger partial charge on any atom is -0.385 e. The average Bonchev–Trinajstić information content (AvgIpc) is 3.50. The van der Waals surface area contributed by atoms with Crippen molar-refractivity contribution in [2.75, 3.05) is 30.3 Å². The second kappa shape index (κ2) is 10.3. The molecule has 2 heterocycles. The zero-order chi connectivity index (χ0) is 22.5. The van der Waals surface area contributed by atoms with Crippen LogP contribution in [0.1, 0.15) is 50.5 Å². The van der Waals surface area contributed by atoms with Crippen LogP contribution in [-0.4, -0.2) is 59.2 Å². The van der Waals surface area contributed by atoms with Crippen LogP contribution in [0.25, 0.3) is 0 Å². The lowest BCUT2D eigenvalue weighted by Crippen LogP contribution is -2.51. The standard InChI is InChI=1S/C23H33N5O4/c29-15-27(32)14-17(13-16-5-1-2-6-16)23(31)28-21(10-12-25-28)22(30)26-20-9-3-8-19-18(20)7-4-11-24-19/h3,8-9,15-17,21,24-25,32H,1-2,4-7,10-14H2,(H,26,30)/t17-,21+/m1/s1. The normalized spacial score (nSPS) is 21.5. The summed E-state index contributed by atoms with van der Waals surface area (Å²) in [5, 5.41) is 18.1. The number of nitrogens with one attached hydrogen (secondary N) is 3. The molecular formula is C23H33N5O4. The molecule has 0 radical (unpaired) electrons. The quantitative estimate of drug-likeness (QED) is 0.278. The van der Waals surface area contributed by atoms with Crippen molar-refractivity contribution in [2.24, 2.45) is 11.8 Å². The summed E-state index contributed by atoms with van der Waals surface area (Å²) in [5.74, 6) is -0.615. The summed E-state index contributed by atoms with van der Waals surface area (Å²) in [6.45, 7) is 1.37. The van der Waals surface area contributed by atoms with E-state index in [4.69, 9.17) is 0 Å². The fourth-order valence-corrected chi connectivity index (χ4v) is 5.25. The van der Waals surface area contributed by atoms with Gasteiger partial charge in [0.15, 0.2) is 0 Å². The molecule has 0 unspecified atom stereocenters. The van der Waals surface area contributed by atoms with Crippen LogP contribution < -0.4 is 16.1 Å². The van der Waals surface area contributed by atoms with Gasteiger partial charge in [0.05, 0.1) is 12.5 Å². The average molecular weight is 444 g/mol. The zero-order valence-corrected chi connectivity index (χ0v) is 18.4. The van der Waals surface area contributed by atoms with E-state index in [0.29, 0.717) is 36.8 Å². The van der Waals surface area contributed by atoms with Crippen LogP contribution in [0.15, 0.2) is 18.2 Å². The first-order chi connectivity index (χ1) is 15.6. The highest BCUT2D eigenvalue weighted by Crippen LogP contribution is 2.32. The summed E-state index contributed by atoms with van der Waals surface area (Å²) < 4.78 is 0. The molecule has 0 spiro atoms. The molecule has 4 N–H and O–H groups in total. The van der Waals surface area contributed by atoms with Gasteiger partial charge in [-0.1, -0.05) is 31.7 Å². The summed E-state index contributed by atoms with van der Waals surface area (Å²) in [5.41, 5.74) is 5.97. The van der Waals surface area contributed by atoms with Gasteiger partial charge in [-0.25, -0.2) is 10.5 Å². The second-order valence-corrected chi connectivity index (χ2v) is 9.08. The number of rotatable bonds is 8. The van der Waals surface area contributed by atoms with E-state index in [-0.39, 0.29) is 18.4 Å². The first-order valence-electron chi connectivity index (χ1n) is 11.7. The highest BCUT2D eigenvalue weighted by atomic mass is 16.5. The zero-order valence-electron chi connectivity index (χ0n) is 18.4. The van der Waals surface area contributed by atoms with E-state index in [1.807, 2.05) is 18.2 Å². The van der Waals surface area contributed by atoms with E-state index in [1.54, 1.807) is 0 Å². The fourth-order valence-electron chi connectivity index (χ4n) is 5.25. The Morgan fingerprint density at radius 2 is 2.03 bits per heavy atom. The highest BCUT2D eigenvalue weighted by molar-refractivity contribution is 5.98. The lowest BCUT2D eigenvalue weighted by molar-refractivity contribution is -0.159. The van der Waals surface area contributed by atoms with Crippen molar-refractivity contribution >= 4 is 29.6 Å². The van der Waals surface area contributed by atoms with E-state index >= 15 is 0 Å². The fraction of sp³-hybridized carbons (Fsp3) is 0.609. The molecule has 1 aliphatic carbocycles. The van der Waals surface area contributed by atoms with Crippen molar-refractivity contribution in [3.63, 3.8) is 0 Å². The van der Waals surface area contributed by atoms with Crippen LogP contribution in [0.5, 0.6) is 0 Å². The lowest BCUT2D eigenvalue weighted by atomic mass is 9.92. The number of nitrogens with zero attached hydrogens (tertiary/aromatic N) is 2. The number of carbonyl (C=O) groups excluding carboxylic acids is 3. The molecule has 1 saturated heterocycles. The Morgan fingerprint density at radius 3 is 2.81 bits per heavy atom. The monoisotopic (exact) mass is 443 g/mol. The minimum atomic E-state index is -0.635. The van der Waals surface area contributed by atoms with Crippen LogP contribution in [-0.2, 0) is 20.8 Å². The van der Waals surface area contributed by atoms with E-state index in [0.717, 1.165) is 62.0 Å². The molecule has 0 aromatic heterocycles. The third kappa shape index (κ3) is 5.05. The molecule has 0 bridgehead atoms. The number of hydrogen-bond donors (Lipinski definition) is 4. The van der Waals surface area contributed by atoms with E-state index < -0.39 is 12.0 Å². The minimum absolute atomic E-state index is 0.0663. The van der Waals surface area contributed by atoms with Crippen LogP contribution >= 0.6 is 0 Å². The Kier molecular flexibility index (Phi) is 7.26. The Morgan fingerprint density at radius 1 is 1.22 bits per heavy atom. The molecule has 1 saturated carbocycles. The number of hydrazine groups is 1. The summed E-state index contributed by atoms with van der Waals surface area (Å²) in [4.78, 5) is 37.6. The molecule has 174 valence electrons. The maximum absolute atomic E-state index is 13.4. The van der Waals surface area contributed by atoms with Gasteiger partial charge in [-0.2, -0.15) is 0 Å². The Labute approximate surface area is 188 Å². The molecule has 2 atom stereocenters. The maximum Gasteiger partial charge on any atom is 0.248 e. The van der Waals surface area contributed by atoms with Gasteiger partial charge in [0, 0.05) is 24.5 Å². The molecule has 9 nitrogen and oxygen atoms in total. The molecule has 32 heavy (non-hydrogen) atoms. The SMILES string of the molecule is O=CN(O)C[C@@H](CC1CCCC1)C(=O)N1NCC[C@H]1C(=O)Nc1cccc2c1CCCN2. The Bertz CT molecular complexity index is 842. The van der Waals surface area contributed by atoms with Crippen LogP contribution in [0.4, 0.5) is 11.4 Å².